The summed E-state index contributed by atoms with van der Waals surface area (Å²) in [6.45, 7) is 1.05. The van der Waals surface area contributed by atoms with Crippen molar-refractivity contribution in [1.82, 2.24) is 15.5 Å². The Kier molecular flexibility index (Phi) is 2.45. The van der Waals surface area contributed by atoms with Crippen LogP contribution in [0.1, 0.15) is 18.5 Å². The van der Waals surface area contributed by atoms with Crippen LogP contribution in [0.5, 0.6) is 0 Å². The third-order valence-corrected chi connectivity index (χ3v) is 2.21. The van der Waals surface area contributed by atoms with Crippen molar-refractivity contribution >= 4 is 17.2 Å². The molecule has 0 aliphatic carbocycles. The van der Waals surface area contributed by atoms with Crippen molar-refractivity contribution in [2.45, 2.75) is 12.8 Å². The number of nitrogens with one attached hydrogen (secondary N) is 1. The van der Waals surface area contributed by atoms with Crippen LogP contribution < -0.4 is 5.32 Å². The summed E-state index contributed by atoms with van der Waals surface area (Å²) >= 11 is 5.64. The number of hydrogen-bond acceptors (Lipinski definition) is 3. The van der Waals surface area contributed by atoms with E-state index in [0.717, 1.165) is 25.1 Å². The highest BCUT2D eigenvalue weighted by Gasteiger charge is 2.06. The summed E-state index contributed by atoms with van der Waals surface area (Å²) in [5, 5.41) is 11.4. The zero-order chi connectivity index (χ0) is 9.10. The SMILES string of the molecule is Clc1ccc(C2=CNCCC2)nn1. The van der Waals surface area contributed by atoms with Crippen LogP contribution in [0.15, 0.2) is 18.3 Å². The van der Waals surface area contributed by atoms with Crippen LogP contribution in [0.25, 0.3) is 5.57 Å². The molecule has 2 rings (SSSR count). The third kappa shape index (κ3) is 1.98. The van der Waals surface area contributed by atoms with E-state index in [4.69, 9.17) is 11.6 Å². The monoisotopic (exact) mass is 195 g/mol. The molecule has 1 aliphatic rings. The molecule has 0 amide bonds. The van der Waals surface area contributed by atoms with E-state index in [1.807, 2.05) is 12.3 Å². The van der Waals surface area contributed by atoms with Gasteiger partial charge in [0.25, 0.3) is 0 Å². The lowest BCUT2D eigenvalue weighted by Crippen LogP contribution is -2.13. The largest absolute Gasteiger partial charge is 0.391 e. The standard InChI is InChI=1S/C9H10ClN3/c10-9-4-3-8(12-13-9)7-2-1-5-11-6-7/h3-4,6,11H,1-2,5H2. The van der Waals surface area contributed by atoms with Crippen LogP contribution in [0, 0.1) is 0 Å². The summed E-state index contributed by atoms with van der Waals surface area (Å²) in [6.07, 6.45) is 4.21. The summed E-state index contributed by atoms with van der Waals surface area (Å²) in [6, 6.07) is 3.66. The molecule has 1 aliphatic heterocycles. The fourth-order valence-corrected chi connectivity index (χ4v) is 1.44. The fourth-order valence-electron chi connectivity index (χ4n) is 1.34. The first-order chi connectivity index (χ1) is 6.36. The Morgan fingerprint density at radius 1 is 1.31 bits per heavy atom. The van der Waals surface area contributed by atoms with Gasteiger partial charge in [-0.3, -0.25) is 0 Å². The first-order valence-electron chi connectivity index (χ1n) is 4.28. The summed E-state index contributed by atoms with van der Waals surface area (Å²) < 4.78 is 0. The van der Waals surface area contributed by atoms with E-state index >= 15 is 0 Å². The van der Waals surface area contributed by atoms with Gasteiger partial charge in [-0.05, 0) is 30.5 Å². The maximum atomic E-state index is 5.64. The van der Waals surface area contributed by atoms with Crippen molar-refractivity contribution in [3.8, 4) is 0 Å². The molecule has 1 N–H and O–H groups in total. The van der Waals surface area contributed by atoms with Gasteiger partial charge in [0.05, 0.1) is 5.69 Å². The van der Waals surface area contributed by atoms with Gasteiger partial charge in [0.1, 0.15) is 0 Å². The lowest BCUT2D eigenvalue weighted by molar-refractivity contribution is 0.735. The normalized spacial score (nSPS) is 16.2. The van der Waals surface area contributed by atoms with Crippen LogP contribution in [-0.2, 0) is 0 Å². The minimum atomic E-state index is 0.438. The molecular weight excluding hydrogens is 186 g/mol. The van der Waals surface area contributed by atoms with Crippen LogP contribution >= 0.6 is 11.6 Å². The molecule has 4 heteroatoms. The lowest BCUT2D eigenvalue weighted by Gasteiger charge is -2.12. The summed E-state index contributed by atoms with van der Waals surface area (Å²) in [7, 11) is 0. The van der Waals surface area contributed by atoms with Gasteiger partial charge in [0.2, 0.25) is 0 Å². The molecule has 0 radical (unpaired) electrons. The smallest absolute Gasteiger partial charge is 0.151 e. The van der Waals surface area contributed by atoms with Crippen molar-refractivity contribution in [2.24, 2.45) is 0 Å². The first kappa shape index (κ1) is 8.51. The molecule has 0 bridgehead atoms. The molecule has 0 aromatic carbocycles. The second-order valence-corrected chi connectivity index (χ2v) is 3.36. The highest BCUT2D eigenvalue weighted by molar-refractivity contribution is 6.29. The molecular formula is C9H10ClN3. The van der Waals surface area contributed by atoms with Crippen LogP contribution in [0.2, 0.25) is 5.15 Å². The van der Waals surface area contributed by atoms with Gasteiger partial charge in [0, 0.05) is 12.7 Å². The second kappa shape index (κ2) is 3.75. The van der Waals surface area contributed by atoms with E-state index in [-0.39, 0.29) is 0 Å². The van der Waals surface area contributed by atoms with Gasteiger partial charge < -0.3 is 5.32 Å². The molecule has 1 aromatic heterocycles. The Morgan fingerprint density at radius 2 is 2.23 bits per heavy atom. The first-order valence-corrected chi connectivity index (χ1v) is 4.66. The molecule has 13 heavy (non-hydrogen) atoms. The number of rotatable bonds is 1. The molecule has 68 valence electrons. The predicted octanol–water partition coefficient (Wildman–Crippen LogP) is 1.85. The molecule has 2 heterocycles. The zero-order valence-electron chi connectivity index (χ0n) is 7.13. The number of nitrogens with zero attached hydrogens (tertiary/aromatic N) is 2. The minimum Gasteiger partial charge on any atom is -0.391 e. The van der Waals surface area contributed by atoms with E-state index in [1.54, 1.807) is 6.07 Å². The number of allylic oxidation sites excluding steroid dienone is 1. The molecule has 0 fully saturated rings. The highest BCUT2D eigenvalue weighted by atomic mass is 35.5. The van der Waals surface area contributed by atoms with Crippen molar-refractivity contribution in [3.63, 3.8) is 0 Å². The van der Waals surface area contributed by atoms with Gasteiger partial charge in [-0.1, -0.05) is 11.6 Å². The molecule has 3 nitrogen and oxygen atoms in total. The van der Waals surface area contributed by atoms with Gasteiger partial charge in [-0.2, -0.15) is 0 Å². The predicted molar refractivity (Wildman–Crippen MR) is 52.3 cm³/mol. The molecule has 0 saturated heterocycles. The molecule has 0 spiro atoms. The van der Waals surface area contributed by atoms with E-state index < -0.39 is 0 Å². The van der Waals surface area contributed by atoms with Crippen LogP contribution in [0.4, 0.5) is 0 Å². The topological polar surface area (TPSA) is 37.8 Å². The summed E-state index contributed by atoms with van der Waals surface area (Å²) in [5.74, 6) is 0. The summed E-state index contributed by atoms with van der Waals surface area (Å²) in [5.41, 5.74) is 2.12. The maximum absolute atomic E-state index is 5.64. The van der Waals surface area contributed by atoms with Crippen molar-refractivity contribution < 1.29 is 0 Å². The number of hydrogen-bond donors (Lipinski definition) is 1. The lowest BCUT2D eigenvalue weighted by atomic mass is 10.1. The van der Waals surface area contributed by atoms with Gasteiger partial charge >= 0.3 is 0 Å². The van der Waals surface area contributed by atoms with Gasteiger partial charge in [-0.15, -0.1) is 10.2 Å². The van der Waals surface area contributed by atoms with Crippen LogP contribution in [-0.4, -0.2) is 16.7 Å². The Hall–Kier alpha value is -1.09. The highest BCUT2D eigenvalue weighted by Crippen LogP contribution is 2.19. The Morgan fingerprint density at radius 3 is 2.85 bits per heavy atom. The zero-order valence-corrected chi connectivity index (χ0v) is 7.88. The van der Waals surface area contributed by atoms with Crippen molar-refractivity contribution in [2.75, 3.05) is 6.54 Å². The molecule has 0 atom stereocenters. The molecule has 1 aromatic rings. The third-order valence-electron chi connectivity index (χ3n) is 2.00. The summed E-state index contributed by atoms with van der Waals surface area (Å²) in [4.78, 5) is 0. The van der Waals surface area contributed by atoms with Gasteiger partial charge in [-0.25, -0.2) is 0 Å². The van der Waals surface area contributed by atoms with E-state index in [0.29, 0.717) is 5.15 Å². The molecule has 0 saturated carbocycles. The number of aromatic nitrogens is 2. The Labute approximate surface area is 81.8 Å². The molecule has 0 unspecified atom stereocenters. The van der Waals surface area contributed by atoms with E-state index in [1.165, 1.54) is 5.57 Å². The minimum absolute atomic E-state index is 0.438. The van der Waals surface area contributed by atoms with E-state index in [9.17, 15) is 0 Å². The Bertz CT molecular complexity index is 318. The van der Waals surface area contributed by atoms with Gasteiger partial charge in [0.15, 0.2) is 5.15 Å². The second-order valence-electron chi connectivity index (χ2n) is 2.97. The average molecular weight is 196 g/mol. The Balaban J connectivity index is 2.24. The fraction of sp³-hybridized carbons (Fsp3) is 0.333. The van der Waals surface area contributed by atoms with E-state index in [2.05, 4.69) is 15.5 Å². The maximum Gasteiger partial charge on any atom is 0.151 e. The van der Waals surface area contributed by atoms with Crippen molar-refractivity contribution in [1.29, 1.82) is 0 Å². The van der Waals surface area contributed by atoms with Crippen LogP contribution in [0.3, 0.4) is 0 Å². The number of halogens is 1. The average Bonchev–Trinajstić information content (AvgIpc) is 2.20. The van der Waals surface area contributed by atoms with Crippen molar-refractivity contribution in [3.05, 3.63) is 29.2 Å². The quantitative estimate of drug-likeness (QED) is 0.744.